The fourth-order valence-electron chi connectivity index (χ4n) is 3.57. The maximum Gasteiger partial charge on any atom is 0.329 e. The van der Waals surface area contributed by atoms with Crippen LogP contribution >= 0.6 is 0 Å². The zero-order valence-electron chi connectivity index (χ0n) is 27.0. The van der Waals surface area contributed by atoms with E-state index in [-0.39, 0.29) is 62.6 Å². The topological polar surface area (TPSA) is 221 Å². The standard InChI is InChI=1S/C28H48N6O10/c1-25(2,43-17-23(37)38)9-11-41-27(5,6)13-21(35)29-15-19-31-33-20(34-32-19)16-30-22(36)14-28(7,8)42-12-10-26(3,4)44-18-24(39)40/h9-18H2,1-8H3,(H,29,35)(H,30,36)(H,37,38)(H,39,40). The van der Waals surface area contributed by atoms with Crippen molar-refractivity contribution >= 4 is 23.8 Å². The van der Waals surface area contributed by atoms with Crippen LogP contribution in [0.25, 0.3) is 0 Å². The van der Waals surface area contributed by atoms with Gasteiger partial charge in [0.15, 0.2) is 11.6 Å². The molecule has 0 saturated carbocycles. The summed E-state index contributed by atoms with van der Waals surface area (Å²) in [4.78, 5) is 46.3. The van der Waals surface area contributed by atoms with Crippen LogP contribution in [0.5, 0.6) is 0 Å². The second-order valence-electron chi connectivity index (χ2n) is 12.7. The lowest BCUT2D eigenvalue weighted by Gasteiger charge is -2.29. The molecule has 1 aromatic heterocycles. The van der Waals surface area contributed by atoms with E-state index in [1.165, 1.54) is 0 Å². The smallest absolute Gasteiger partial charge is 0.329 e. The van der Waals surface area contributed by atoms with Gasteiger partial charge in [0, 0.05) is 0 Å². The summed E-state index contributed by atoms with van der Waals surface area (Å²) < 4.78 is 22.3. The Morgan fingerprint density at radius 1 is 0.568 bits per heavy atom. The molecular weight excluding hydrogens is 580 g/mol. The molecule has 1 rings (SSSR count). The molecule has 16 heteroatoms. The summed E-state index contributed by atoms with van der Waals surface area (Å²) in [5, 5.41) is 38.7. The highest BCUT2D eigenvalue weighted by Crippen LogP contribution is 2.21. The highest BCUT2D eigenvalue weighted by molar-refractivity contribution is 5.77. The van der Waals surface area contributed by atoms with Crippen molar-refractivity contribution in [2.24, 2.45) is 0 Å². The van der Waals surface area contributed by atoms with E-state index in [0.717, 1.165) is 0 Å². The van der Waals surface area contributed by atoms with Gasteiger partial charge < -0.3 is 39.8 Å². The zero-order valence-corrected chi connectivity index (χ0v) is 27.0. The molecule has 1 heterocycles. The van der Waals surface area contributed by atoms with Crippen molar-refractivity contribution in [1.82, 2.24) is 31.0 Å². The number of aliphatic carboxylic acids is 2. The summed E-state index contributed by atoms with van der Waals surface area (Å²) >= 11 is 0. The average Bonchev–Trinajstić information content (AvgIpc) is 2.88. The number of rotatable bonds is 22. The van der Waals surface area contributed by atoms with Crippen LogP contribution in [0.15, 0.2) is 0 Å². The van der Waals surface area contributed by atoms with Crippen LogP contribution < -0.4 is 10.6 Å². The zero-order chi connectivity index (χ0) is 33.6. The molecular formula is C28H48N6O10. The third kappa shape index (κ3) is 18.4. The fourth-order valence-corrected chi connectivity index (χ4v) is 3.57. The number of hydrogen-bond acceptors (Lipinski definition) is 12. The SMILES string of the molecule is CC(C)(CCOC(C)(C)CC(=O)NCc1nnc(CNC(=O)CC(C)(C)OCCC(C)(C)OCC(=O)O)nn1)OCC(=O)O. The van der Waals surface area contributed by atoms with Crippen LogP contribution in [-0.2, 0) is 51.2 Å². The van der Waals surface area contributed by atoms with E-state index in [0.29, 0.717) is 12.8 Å². The molecule has 0 aliphatic carbocycles. The van der Waals surface area contributed by atoms with Crippen molar-refractivity contribution in [3.8, 4) is 0 Å². The Kier molecular flexibility index (Phi) is 15.1. The van der Waals surface area contributed by atoms with Gasteiger partial charge in [0.2, 0.25) is 11.8 Å². The van der Waals surface area contributed by atoms with Gasteiger partial charge in [-0.05, 0) is 68.2 Å². The van der Waals surface area contributed by atoms with Crippen LogP contribution in [0.1, 0.15) is 92.7 Å². The number of nitrogens with one attached hydrogen (secondary N) is 2. The number of hydrogen-bond donors (Lipinski definition) is 4. The summed E-state index contributed by atoms with van der Waals surface area (Å²) in [6.07, 6.45) is 1.01. The summed E-state index contributed by atoms with van der Waals surface area (Å²) in [5.41, 5.74) is -2.93. The molecule has 0 fully saturated rings. The number of carbonyl (C=O) groups excluding carboxylic acids is 2. The van der Waals surface area contributed by atoms with E-state index < -0.39 is 47.6 Å². The lowest BCUT2D eigenvalue weighted by Crippen LogP contribution is -2.37. The minimum absolute atomic E-state index is 0.00128. The molecule has 0 unspecified atom stereocenters. The number of aromatic nitrogens is 4. The first-order valence-corrected chi connectivity index (χ1v) is 14.3. The molecule has 0 aliphatic heterocycles. The maximum absolute atomic E-state index is 12.4. The molecule has 0 aliphatic rings. The van der Waals surface area contributed by atoms with Gasteiger partial charge in [-0.25, -0.2) is 9.59 Å². The molecule has 0 atom stereocenters. The highest BCUT2D eigenvalue weighted by atomic mass is 16.5. The fraction of sp³-hybridized carbons (Fsp3) is 0.786. The van der Waals surface area contributed by atoms with Gasteiger partial charge in [-0.2, -0.15) is 0 Å². The Labute approximate surface area is 258 Å². The van der Waals surface area contributed by atoms with Crippen molar-refractivity contribution in [3.05, 3.63) is 11.6 Å². The highest BCUT2D eigenvalue weighted by Gasteiger charge is 2.27. The second-order valence-corrected chi connectivity index (χ2v) is 12.7. The van der Waals surface area contributed by atoms with Gasteiger partial charge in [-0.3, -0.25) is 9.59 Å². The van der Waals surface area contributed by atoms with Gasteiger partial charge in [0.1, 0.15) is 13.2 Å². The summed E-state index contributed by atoms with van der Waals surface area (Å²) in [6, 6.07) is 0. The lowest BCUT2D eigenvalue weighted by molar-refractivity contribution is -0.150. The van der Waals surface area contributed by atoms with Crippen LogP contribution in [0.4, 0.5) is 0 Å². The van der Waals surface area contributed by atoms with Crippen molar-refractivity contribution in [1.29, 1.82) is 0 Å². The van der Waals surface area contributed by atoms with Crippen molar-refractivity contribution in [2.45, 2.75) is 117 Å². The van der Waals surface area contributed by atoms with Gasteiger partial charge in [0.25, 0.3) is 0 Å². The molecule has 1 aromatic rings. The molecule has 0 spiro atoms. The molecule has 250 valence electrons. The Morgan fingerprint density at radius 2 is 0.886 bits per heavy atom. The van der Waals surface area contributed by atoms with Crippen LogP contribution in [-0.4, -0.2) is 103 Å². The number of carbonyl (C=O) groups is 4. The Hall–Kier alpha value is -3.34. The van der Waals surface area contributed by atoms with Gasteiger partial charge in [-0.15, -0.1) is 20.4 Å². The first kappa shape index (κ1) is 38.7. The number of ether oxygens (including phenoxy) is 4. The van der Waals surface area contributed by atoms with Crippen molar-refractivity contribution < 1.29 is 48.3 Å². The lowest BCUT2D eigenvalue weighted by atomic mass is 10.0. The van der Waals surface area contributed by atoms with Crippen molar-refractivity contribution in [3.63, 3.8) is 0 Å². The maximum atomic E-state index is 12.4. The van der Waals surface area contributed by atoms with Crippen LogP contribution in [0.3, 0.4) is 0 Å². The van der Waals surface area contributed by atoms with E-state index in [9.17, 15) is 19.2 Å². The number of carboxylic acid groups (broad SMARTS) is 2. The minimum atomic E-state index is -1.05. The van der Waals surface area contributed by atoms with Crippen LogP contribution in [0.2, 0.25) is 0 Å². The Balaban J connectivity index is 2.39. The van der Waals surface area contributed by atoms with E-state index >= 15 is 0 Å². The molecule has 4 N–H and O–H groups in total. The largest absolute Gasteiger partial charge is 0.480 e. The number of amides is 2. The van der Waals surface area contributed by atoms with E-state index in [1.807, 2.05) is 0 Å². The first-order valence-electron chi connectivity index (χ1n) is 14.3. The molecule has 0 bridgehead atoms. The molecule has 2 amide bonds. The molecule has 44 heavy (non-hydrogen) atoms. The molecule has 0 saturated heterocycles. The first-order chi connectivity index (χ1) is 20.2. The molecule has 0 aromatic carbocycles. The van der Waals surface area contributed by atoms with E-state index in [1.54, 1.807) is 55.4 Å². The molecule has 16 nitrogen and oxygen atoms in total. The predicted octanol–water partition coefficient (Wildman–Crippen LogP) is 1.41. The Bertz CT molecular complexity index is 1010. The summed E-state index contributed by atoms with van der Waals surface area (Å²) in [7, 11) is 0. The summed E-state index contributed by atoms with van der Waals surface area (Å²) in [6.45, 7) is 13.9. The predicted molar refractivity (Wildman–Crippen MR) is 155 cm³/mol. The number of carboxylic acids is 2. The van der Waals surface area contributed by atoms with Crippen LogP contribution in [0, 0.1) is 0 Å². The number of nitrogens with zero attached hydrogens (tertiary/aromatic N) is 4. The third-order valence-electron chi connectivity index (χ3n) is 6.19. The van der Waals surface area contributed by atoms with Gasteiger partial charge in [0.05, 0.1) is 61.5 Å². The second kappa shape index (κ2) is 17.2. The van der Waals surface area contributed by atoms with Crippen molar-refractivity contribution in [2.75, 3.05) is 26.4 Å². The third-order valence-corrected chi connectivity index (χ3v) is 6.19. The van der Waals surface area contributed by atoms with E-state index in [2.05, 4.69) is 31.0 Å². The monoisotopic (exact) mass is 628 g/mol. The van der Waals surface area contributed by atoms with Gasteiger partial charge >= 0.3 is 11.9 Å². The molecule has 0 radical (unpaired) electrons. The quantitative estimate of drug-likeness (QED) is 0.143. The van der Waals surface area contributed by atoms with E-state index in [4.69, 9.17) is 29.2 Å². The Morgan fingerprint density at radius 3 is 1.18 bits per heavy atom. The van der Waals surface area contributed by atoms with Gasteiger partial charge in [-0.1, -0.05) is 0 Å². The normalized spacial score (nSPS) is 12.5. The minimum Gasteiger partial charge on any atom is -0.480 e. The summed E-state index contributed by atoms with van der Waals surface area (Å²) in [5.74, 6) is -2.30. The average molecular weight is 629 g/mol.